The topological polar surface area (TPSA) is 66.8 Å². The zero-order valence-corrected chi connectivity index (χ0v) is 8.54. The third-order valence-corrected chi connectivity index (χ3v) is 0.917. The number of ether oxygens (including phenoxy) is 1. The first kappa shape index (κ1) is 15.0. The molecule has 0 fully saturated rings. The van der Waals surface area contributed by atoms with Gasteiger partial charge in [-0.25, -0.2) is 0 Å². The quantitative estimate of drug-likeness (QED) is 0.680. The van der Waals surface area contributed by atoms with Gasteiger partial charge in [0, 0.05) is 6.42 Å². The average molecular weight is 191 g/mol. The van der Waals surface area contributed by atoms with Crippen LogP contribution in [0.4, 0.5) is 0 Å². The van der Waals surface area contributed by atoms with E-state index in [1.54, 1.807) is 13.8 Å². The summed E-state index contributed by atoms with van der Waals surface area (Å²) in [6, 6.07) is 0. The summed E-state index contributed by atoms with van der Waals surface area (Å²) >= 11 is 0. The number of carbonyl (C=O) groups is 1. The van der Waals surface area contributed by atoms with Gasteiger partial charge in [0.2, 0.25) is 0 Å². The molecule has 1 radical (unpaired) electrons. The van der Waals surface area contributed by atoms with E-state index in [4.69, 9.17) is 10.2 Å². The Bertz CT molecular complexity index is 124. The van der Waals surface area contributed by atoms with Crippen molar-refractivity contribution in [3.8, 4) is 0 Å². The van der Waals surface area contributed by atoms with Crippen LogP contribution in [0, 0.1) is 7.11 Å². The molecule has 0 atom stereocenters. The molecular weight excluding hydrogens is 172 g/mol. The smallest absolute Gasteiger partial charge is 0.132 e. The molecular formula is C9H19O4. The lowest BCUT2D eigenvalue weighted by molar-refractivity contribution is -0.120. The van der Waals surface area contributed by atoms with Crippen LogP contribution < -0.4 is 0 Å². The molecule has 0 aliphatic heterocycles. The molecule has 0 rings (SSSR count). The van der Waals surface area contributed by atoms with Gasteiger partial charge in [0.15, 0.2) is 0 Å². The highest BCUT2D eigenvalue weighted by Gasteiger charge is 2.13. The molecule has 0 aliphatic carbocycles. The van der Waals surface area contributed by atoms with E-state index in [1.807, 2.05) is 0 Å². The first-order chi connectivity index (χ1) is 5.83. The van der Waals surface area contributed by atoms with E-state index in [-0.39, 0.29) is 18.8 Å². The predicted molar refractivity (Wildman–Crippen MR) is 50.0 cm³/mol. The molecule has 2 N–H and O–H groups in total. The van der Waals surface area contributed by atoms with Crippen LogP contribution in [0.25, 0.3) is 0 Å². The van der Waals surface area contributed by atoms with Crippen molar-refractivity contribution < 1.29 is 19.7 Å². The number of hydrogen-bond acceptors (Lipinski definition) is 4. The Morgan fingerprint density at radius 1 is 1.54 bits per heavy atom. The Balaban J connectivity index is 0. The molecule has 0 saturated carbocycles. The Kier molecular flexibility index (Phi) is 9.44. The highest BCUT2D eigenvalue weighted by atomic mass is 16.5. The summed E-state index contributed by atoms with van der Waals surface area (Å²) in [4.78, 5) is 10.3. The molecule has 0 aromatic heterocycles. The molecule has 0 aromatic rings. The lowest BCUT2D eigenvalue weighted by Gasteiger charge is -2.13. The highest BCUT2D eigenvalue weighted by Crippen LogP contribution is 2.06. The lowest BCUT2D eigenvalue weighted by atomic mass is 10.0. The van der Waals surface area contributed by atoms with Gasteiger partial charge in [0.1, 0.15) is 5.78 Å². The largest absolute Gasteiger partial charge is 0.394 e. The van der Waals surface area contributed by atoms with Crippen molar-refractivity contribution in [3.05, 3.63) is 7.11 Å². The van der Waals surface area contributed by atoms with E-state index in [0.717, 1.165) is 0 Å². The SMILES string of the molecule is CC(=O)CC(C)(C)O.[CH2]OCCO. The van der Waals surface area contributed by atoms with Crippen LogP contribution in [0.3, 0.4) is 0 Å². The van der Waals surface area contributed by atoms with Crippen molar-refractivity contribution in [2.45, 2.75) is 32.8 Å². The van der Waals surface area contributed by atoms with E-state index >= 15 is 0 Å². The van der Waals surface area contributed by atoms with Crippen molar-refractivity contribution >= 4 is 5.78 Å². The zero-order chi connectivity index (χ0) is 10.9. The second-order valence-electron chi connectivity index (χ2n) is 3.32. The van der Waals surface area contributed by atoms with Gasteiger partial charge in [-0.15, -0.1) is 0 Å². The Hall–Kier alpha value is -0.450. The van der Waals surface area contributed by atoms with Gasteiger partial charge in [-0.1, -0.05) is 0 Å². The number of hydrogen-bond donors (Lipinski definition) is 2. The van der Waals surface area contributed by atoms with Gasteiger partial charge < -0.3 is 14.9 Å². The van der Waals surface area contributed by atoms with Gasteiger partial charge in [-0.05, 0) is 20.8 Å². The van der Waals surface area contributed by atoms with Crippen molar-refractivity contribution in [3.63, 3.8) is 0 Å². The number of aliphatic hydroxyl groups is 2. The standard InChI is InChI=1S/C6H12O2.C3H7O2/c1-5(7)4-6(2,3)8;1-5-3-2-4/h8H,4H2,1-3H3;4H,1-3H2. The Labute approximate surface area is 79.5 Å². The first-order valence-electron chi connectivity index (χ1n) is 4.03. The number of aliphatic hydroxyl groups excluding tert-OH is 1. The fraction of sp³-hybridized carbons (Fsp3) is 0.778. The third kappa shape index (κ3) is 24.6. The number of Topliss-reactive ketones (excluding diaryl/α,β-unsaturated/α-hetero) is 1. The molecule has 0 amide bonds. The summed E-state index contributed by atoms with van der Waals surface area (Å²) in [5.41, 5.74) is -0.828. The maximum Gasteiger partial charge on any atom is 0.132 e. The van der Waals surface area contributed by atoms with E-state index < -0.39 is 5.60 Å². The molecule has 4 nitrogen and oxygen atoms in total. The molecule has 0 aromatic carbocycles. The molecule has 0 heterocycles. The maximum atomic E-state index is 10.3. The predicted octanol–water partition coefficient (Wildman–Crippen LogP) is 0.523. The van der Waals surface area contributed by atoms with E-state index in [0.29, 0.717) is 6.61 Å². The minimum absolute atomic E-state index is 0.0255. The van der Waals surface area contributed by atoms with Gasteiger partial charge in [0.05, 0.1) is 25.9 Å². The van der Waals surface area contributed by atoms with Crippen LogP contribution in [-0.4, -0.2) is 34.8 Å². The average Bonchev–Trinajstić information content (AvgIpc) is 1.84. The fourth-order valence-corrected chi connectivity index (χ4v) is 0.674. The summed E-state index contributed by atoms with van der Waals surface area (Å²) in [7, 11) is 3.02. The minimum atomic E-state index is -0.828. The molecule has 0 spiro atoms. The van der Waals surface area contributed by atoms with Crippen LogP contribution in [0.15, 0.2) is 0 Å². The van der Waals surface area contributed by atoms with Gasteiger partial charge in [-0.3, -0.25) is 4.79 Å². The van der Waals surface area contributed by atoms with Gasteiger partial charge in [-0.2, -0.15) is 0 Å². The van der Waals surface area contributed by atoms with Crippen molar-refractivity contribution in [2.24, 2.45) is 0 Å². The van der Waals surface area contributed by atoms with Crippen LogP contribution in [0.2, 0.25) is 0 Å². The van der Waals surface area contributed by atoms with Crippen molar-refractivity contribution in [1.82, 2.24) is 0 Å². The molecule has 13 heavy (non-hydrogen) atoms. The monoisotopic (exact) mass is 191 g/mol. The first-order valence-corrected chi connectivity index (χ1v) is 4.03. The van der Waals surface area contributed by atoms with Crippen LogP contribution in [0.1, 0.15) is 27.2 Å². The third-order valence-electron chi connectivity index (χ3n) is 0.917. The minimum Gasteiger partial charge on any atom is -0.394 e. The maximum absolute atomic E-state index is 10.3. The molecule has 79 valence electrons. The van der Waals surface area contributed by atoms with Crippen molar-refractivity contribution in [1.29, 1.82) is 0 Å². The summed E-state index contributed by atoms with van der Waals surface area (Å²) in [6.07, 6.45) is 0.243. The Morgan fingerprint density at radius 3 is 2.00 bits per heavy atom. The normalized spacial score (nSPS) is 10.3. The molecule has 0 aliphatic rings. The van der Waals surface area contributed by atoms with Crippen LogP contribution in [-0.2, 0) is 9.53 Å². The zero-order valence-electron chi connectivity index (χ0n) is 8.54. The molecule has 0 bridgehead atoms. The number of rotatable bonds is 4. The molecule has 0 unspecified atom stereocenters. The summed E-state index contributed by atoms with van der Waals surface area (Å²) in [6.45, 7) is 5.10. The fourth-order valence-electron chi connectivity index (χ4n) is 0.674. The van der Waals surface area contributed by atoms with Gasteiger partial charge >= 0.3 is 0 Å². The Morgan fingerprint density at radius 2 is 2.00 bits per heavy atom. The number of ketones is 1. The van der Waals surface area contributed by atoms with Crippen LogP contribution in [0.5, 0.6) is 0 Å². The van der Waals surface area contributed by atoms with Crippen LogP contribution >= 0.6 is 0 Å². The van der Waals surface area contributed by atoms with Gasteiger partial charge in [0.25, 0.3) is 0 Å². The molecule has 0 saturated heterocycles. The number of carbonyl (C=O) groups excluding carboxylic acids is 1. The summed E-state index contributed by atoms with van der Waals surface area (Å²) < 4.78 is 4.19. The molecule has 4 heteroatoms. The summed E-state index contributed by atoms with van der Waals surface area (Å²) in [5.74, 6) is 0.0255. The van der Waals surface area contributed by atoms with E-state index in [9.17, 15) is 4.79 Å². The lowest BCUT2D eigenvalue weighted by Crippen LogP contribution is -2.21. The van der Waals surface area contributed by atoms with Crippen molar-refractivity contribution in [2.75, 3.05) is 13.2 Å². The van der Waals surface area contributed by atoms with E-state index in [2.05, 4.69) is 11.8 Å². The summed E-state index contributed by atoms with van der Waals surface area (Å²) in [5, 5.41) is 16.9. The second-order valence-corrected chi connectivity index (χ2v) is 3.32. The van der Waals surface area contributed by atoms with E-state index in [1.165, 1.54) is 6.92 Å². The highest BCUT2D eigenvalue weighted by molar-refractivity contribution is 5.76. The second kappa shape index (κ2) is 8.16.